The van der Waals surface area contributed by atoms with Crippen LogP contribution in [-0.2, 0) is 10.2 Å². The van der Waals surface area contributed by atoms with Crippen LogP contribution in [0.25, 0.3) is 0 Å². The first kappa shape index (κ1) is 15.8. The number of hydrogen-bond donors (Lipinski definition) is 3. The lowest BCUT2D eigenvalue weighted by Gasteiger charge is -2.17. The Kier molecular flexibility index (Phi) is 7.05. The first-order chi connectivity index (χ1) is 7.28. The monoisotopic (exact) mass is 267 g/mol. The second kappa shape index (κ2) is 7.16. The van der Waals surface area contributed by atoms with Crippen molar-refractivity contribution in [3.8, 4) is 0 Å². The van der Waals surface area contributed by atoms with Crippen LogP contribution < -0.4 is 15.2 Å². The molecular formula is C9H21N3O2S2. The average molecular weight is 267 g/mol. The van der Waals surface area contributed by atoms with Gasteiger partial charge < -0.3 is 5.73 Å². The van der Waals surface area contributed by atoms with E-state index in [0.717, 1.165) is 6.42 Å². The Balaban J connectivity index is 4.36. The quantitative estimate of drug-likeness (QED) is 0.560. The summed E-state index contributed by atoms with van der Waals surface area (Å²) >= 11 is 4.81. The van der Waals surface area contributed by atoms with Gasteiger partial charge in [0, 0.05) is 6.54 Å². The molecule has 7 heteroatoms. The lowest BCUT2D eigenvalue weighted by molar-refractivity contribution is 0.537. The van der Waals surface area contributed by atoms with Gasteiger partial charge in [-0.1, -0.05) is 39.4 Å². The fourth-order valence-corrected chi connectivity index (χ4v) is 2.56. The highest BCUT2D eigenvalue weighted by Crippen LogP contribution is 1.99. The van der Waals surface area contributed by atoms with Crippen molar-refractivity contribution in [2.45, 2.75) is 39.7 Å². The minimum absolute atomic E-state index is 0.178. The van der Waals surface area contributed by atoms with E-state index >= 15 is 0 Å². The fraction of sp³-hybridized carbons (Fsp3) is 0.889. The van der Waals surface area contributed by atoms with Gasteiger partial charge in [0.15, 0.2) is 0 Å². The highest BCUT2D eigenvalue weighted by atomic mass is 32.2. The summed E-state index contributed by atoms with van der Waals surface area (Å²) in [7, 11) is -3.51. The van der Waals surface area contributed by atoms with Crippen LogP contribution in [0, 0.1) is 5.92 Å². The molecule has 96 valence electrons. The highest BCUT2D eigenvalue weighted by Gasteiger charge is 2.18. The maximum atomic E-state index is 11.6. The Morgan fingerprint density at radius 2 is 2.00 bits per heavy atom. The van der Waals surface area contributed by atoms with Crippen molar-refractivity contribution in [2.75, 3.05) is 6.54 Å². The molecule has 0 aliphatic heterocycles. The zero-order valence-corrected chi connectivity index (χ0v) is 11.6. The lowest BCUT2D eigenvalue weighted by Crippen LogP contribution is -2.48. The molecule has 0 spiro atoms. The van der Waals surface area contributed by atoms with Gasteiger partial charge in [-0.25, -0.2) is 4.72 Å². The van der Waals surface area contributed by atoms with Crippen LogP contribution in [0.15, 0.2) is 0 Å². The van der Waals surface area contributed by atoms with Crippen LogP contribution in [-0.4, -0.2) is 26.0 Å². The minimum atomic E-state index is -3.51. The van der Waals surface area contributed by atoms with Gasteiger partial charge in [0.05, 0.1) is 11.0 Å². The maximum Gasteiger partial charge on any atom is 0.277 e. The Hall–Kier alpha value is -0.240. The molecule has 0 aliphatic carbocycles. The summed E-state index contributed by atoms with van der Waals surface area (Å²) < 4.78 is 28.1. The van der Waals surface area contributed by atoms with Gasteiger partial charge in [-0.3, -0.25) is 0 Å². The molecule has 0 heterocycles. The van der Waals surface area contributed by atoms with Gasteiger partial charge in [-0.2, -0.15) is 13.1 Å². The van der Waals surface area contributed by atoms with Gasteiger partial charge in [0.1, 0.15) is 0 Å². The van der Waals surface area contributed by atoms with Crippen molar-refractivity contribution in [3.63, 3.8) is 0 Å². The molecule has 5 nitrogen and oxygen atoms in total. The van der Waals surface area contributed by atoms with E-state index in [1.54, 1.807) is 0 Å². The van der Waals surface area contributed by atoms with E-state index in [1.165, 1.54) is 0 Å². The average Bonchev–Trinajstić information content (AvgIpc) is 2.14. The van der Waals surface area contributed by atoms with Crippen LogP contribution in [0.4, 0.5) is 0 Å². The molecule has 0 saturated heterocycles. The maximum absolute atomic E-state index is 11.6. The third kappa shape index (κ3) is 7.10. The second-order valence-electron chi connectivity index (χ2n) is 4.11. The molecule has 1 atom stereocenters. The zero-order chi connectivity index (χ0) is 12.8. The summed E-state index contributed by atoms with van der Waals surface area (Å²) in [6.07, 6.45) is 1.42. The van der Waals surface area contributed by atoms with E-state index < -0.39 is 16.3 Å². The summed E-state index contributed by atoms with van der Waals surface area (Å²) in [5.41, 5.74) is 5.46. The number of rotatable bonds is 8. The van der Waals surface area contributed by atoms with E-state index in [9.17, 15) is 8.42 Å². The largest absolute Gasteiger partial charge is 0.392 e. The third-order valence-electron chi connectivity index (χ3n) is 1.90. The molecule has 0 aliphatic rings. The minimum Gasteiger partial charge on any atom is -0.392 e. The molecule has 1 unspecified atom stereocenters. The first-order valence-corrected chi connectivity index (χ1v) is 7.24. The lowest BCUT2D eigenvalue weighted by atomic mass is 10.2. The topological polar surface area (TPSA) is 84.2 Å². The molecule has 16 heavy (non-hydrogen) atoms. The molecule has 0 radical (unpaired) electrons. The smallest absolute Gasteiger partial charge is 0.277 e. The van der Waals surface area contributed by atoms with Gasteiger partial charge in [0.2, 0.25) is 0 Å². The molecule has 4 N–H and O–H groups in total. The van der Waals surface area contributed by atoms with E-state index in [4.69, 9.17) is 18.0 Å². The van der Waals surface area contributed by atoms with Gasteiger partial charge in [-0.15, -0.1) is 0 Å². The van der Waals surface area contributed by atoms with Crippen molar-refractivity contribution in [1.29, 1.82) is 0 Å². The molecule has 0 fully saturated rings. The van der Waals surface area contributed by atoms with E-state index in [2.05, 4.69) is 9.44 Å². The summed E-state index contributed by atoms with van der Waals surface area (Å²) in [6.45, 7) is 6.20. The van der Waals surface area contributed by atoms with Gasteiger partial charge >= 0.3 is 0 Å². The van der Waals surface area contributed by atoms with Crippen LogP contribution >= 0.6 is 12.2 Å². The summed E-state index contributed by atoms with van der Waals surface area (Å²) in [4.78, 5) is 0.178. The van der Waals surface area contributed by atoms with Crippen LogP contribution in [0.3, 0.4) is 0 Å². The molecule has 0 amide bonds. The number of nitrogens with two attached hydrogens (primary N) is 1. The molecule has 0 aromatic rings. The second-order valence-corrected chi connectivity index (χ2v) is 6.11. The third-order valence-corrected chi connectivity index (χ3v) is 3.33. The van der Waals surface area contributed by atoms with Crippen LogP contribution in [0.1, 0.15) is 33.6 Å². The van der Waals surface area contributed by atoms with Crippen molar-refractivity contribution in [1.82, 2.24) is 9.44 Å². The van der Waals surface area contributed by atoms with Gasteiger partial charge in [-0.05, 0) is 12.3 Å². The molecule has 0 bridgehead atoms. The van der Waals surface area contributed by atoms with Crippen molar-refractivity contribution < 1.29 is 8.42 Å². The number of hydrogen-bond acceptors (Lipinski definition) is 3. The molecular weight excluding hydrogens is 246 g/mol. The first-order valence-electron chi connectivity index (χ1n) is 5.34. The summed E-state index contributed by atoms with van der Waals surface area (Å²) in [5.74, 6) is 0.256. The van der Waals surface area contributed by atoms with Crippen molar-refractivity contribution >= 4 is 27.4 Å². The van der Waals surface area contributed by atoms with E-state index in [0.29, 0.717) is 13.0 Å². The van der Waals surface area contributed by atoms with Gasteiger partial charge in [0.25, 0.3) is 10.2 Å². The van der Waals surface area contributed by atoms with E-state index in [1.807, 2.05) is 20.8 Å². The predicted octanol–water partition coefficient (Wildman–Crippen LogP) is 0.521. The Morgan fingerprint density at radius 1 is 1.44 bits per heavy atom. The Morgan fingerprint density at radius 3 is 2.38 bits per heavy atom. The zero-order valence-electron chi connectivity index (χ0n) is 9.99. The Labute approximate surface area is 103 Å². The fourth-order valence-electron chi connectivity index (χ4n) is 1.05. The van der Waals surface area contributed by atoms with Crippen LogP contribution in [0.2, 0.25) is 0 Å². The van der Waals surface area contributed by atoms with Crippen molar-refractivity contribution in [3.05, 3.63) is 0 Å². The molecule has 0 aromatic carbocycles. The van der Waals surface area contributed by atoms with Crippen molar-refractivity contribution in [2.24, 2.45) is 11.7 Å². The highest BCUT2D eigenvalue weighted by molar-refractivity contribution is 7.87. The van der Waals surface area contributed by atoms with Crippen LogP contribution in [0.5, 0.6) is 0 Å². The normalized spacial score (nSPS) is 14.0. The molecule has 0 aromatic heterocycles. The van der Waals surface area contributed by atoms with E-state index in [-0.39, 0.29) is 10.9 Å². The standard InChI is InChI=1S/C9H21N3O2S2/c1-4-5-8(9(10)15)12-16(13,14)11-6-7(2)3/h7-8,11-12H,4-6H2,1-3H3,(H2,10,15). The Bertz CT molecular complexity index is 315. The number of nitrogens with one attached hydrogen (secondary N) is 2. The summed E-state index contributed by atoms with van der Waals surface area (Å²) in [5, 5.41) is 0. The predicted molar refractivity (Wildman–Crippen MR) is 70.4 cm³/mol. The SMILES string of the molecule is CCCC(NS(=O)(=O)NCC(C)C)C(N)=S. The molecule has 0 saturated carbocycles. The summed E-state index contributed by atoms with van der Waals surface area (Å²) in [6, 6.07) is -0.468. The molecule has 0 rings (SSSR count). The number of thiocarbonyl (C=S) groups is 1.